The van der Waals surface area contributed by atoms with Crippen LogP contribution in [0.3, 0.4) is 0 Å². The molecule has 1 aromatic carbocycles. The molecular formula is C16H19FN4O3. The van der Waals surface area contributed by atoms with E-state index in [1.54, 1.807) is 10.6 Å². The van der Waals surface area contributed by atoms with E-state index in [-0.39, 0.29) is 5.39 Å². The van der Waals surface area contributed by atoms with Crippen molar-refractivity contribution in [2.45, 2.75) is 13.5 Å². The molecule has 1 aromatic heterocycles. The number of piperazine rings is 1. The summed E-state index contributed by atoms with van der Waals surface area (Å²) in [6, 6.07) is 2.76. The fraction of sp³-hybridized carbons (Fsp3) is 0.438. The predicted molar refractivity (Wildman–Crippen MR) is 90.2 cm³/mol. The monoisotopic (exact) mass is 334 g/mol. The lowest BCUT2D eigenvalue weighted by Gasteiger charge is -2.34. The van der Waals surface area contributed by atoms with Gasteiger partial charge >= 0.3 is 5.69 Å². The van der Waals surface area contributed by atoms with Gasteiger partial charge < -0.3 is 14.4 Å². The number of halogens is 1. The number of anilines is 1. The molecular weight excluding hydrogens is 315 g/mol. The topological polar surface area (TPSA) is 71.6 Å². The van der Waals surface area contributed by atoms with Crippen molar-refractivity contribution in [1.82, 2.24) is 9.47 Å². The van der Waals surface area contributed by atoms with Crippen LogP contribution >= 0.6 is 0 Å². The summed E-state index contributed by atoms with van der Waals surface area (Å²) in [5, 5.41) is 11.1. The molecule has 1 aliphatic rings. The number of nitro groups is 1. The number of hydrogen-bond acceptors (Lipinski definition) is 5. The van der Waals surface area contributed by atoms with Crippen LogP contribution in [0.5, 0.6) is 0 Å². The molecule has 24 heavy (non-hydrogen) atoms. The SMILES string of the molecule is CCn1cc([N+](=O)[O-])c(=O)c2cc(F)c(N3CCN(C)CC3)cc21. The first-order valence-electron chi connectivity index (χ1n) is 7.87. The summed E-state index contributed by atoms with van der Waals surface area (Å²) in [4.78, 5) is 26.7. The summed E-state index contributed by atoms with van der Waals surface area (Å²) < 4.78 is 16.2. The number of hydrogen-bond donors (Lipinski definition) is 0. The standard InChI is InChI=1S/C16H19FN4O3/c1-3-19-10-15(21(23)24)16(22)11-8-12(17)14(9-13(11)19)20-6-4-18(2)5-7-20/h8-10H,3-7H2,1-2H3. The van der Waals surface area contributed by atoms with E-state index < -0.39 is 21.9 Å². The fourth-order valence-electron chi connectivity index (χ4n) is 3.07. The maximum Gasteiger partial charge on any atom is 0.332 e. The lowest BCUT2D eigenvalue weighted by Crippen LogP contribution is -2.44. The number of pyridine rings is 1. The van der Waals surface area contributed by atoms with E-state index in [1.165, 1.54) is 6.20 Å². The summed E-state index contributed by atoms with van der Waals surface area (Å²) in [5.41, 5.74) is -0.325. The van der Waals surface area contributed by atoms with Crippen LogP contribution in [0.4, 0.5) is 15.8 Å². The van der Waals surface area contributed by atoms with Crippen molar-refractivity contribution < 1.29 is 9.31 Å². The van der Waals surface area contributed by atoms with Crippen molar-refractivity contribution in [3.8, 4) is 0 Å². The van der Waals surface area contributed by atoms with Gasteiger partial charge in [-0.2, -0.15) is 0 Å². The third-order valence-corrected chi connectivity index (χ3v) is 4.51. The van der Waals surface area contributed by atoms with Gasteiger partial charge in [0.15, 0.2) is 0 Å². The number of rotatable bonds is 3. The molecule has 0 atom stereocenters. The first kappa shape index (κ1) is 16.4. The van der Waals surface area contributed by atoms with Gasteiger partial charge in [-0.15, -0.1) is 0 Å². The molecule has 8 heteroatoms. The Balaban J connectivity index is 2.18. The summed E-state index contributed by atoms with van der Waals surface area (Å²) >= 11 is 0. The van der Waals surface area contributed by atoms with Crippen molar-refractivity contribution in [3.63, 3.8) is 0 Å². The molecule has 0 spiro atoms. The van der Waals surface area contributed by atoms with Crippen LogP contribution in [0.25, 0.3) is 10.9 Å². The van der Waals surface area contributed by atoms with Crippen molar-refractivity contribution in [1.29, 1.82) is 0 Å². The van der Waals surface area contributed by atoms with Crippen LogP contribution in [0.1, 0.15) is 6.92 Å². The zero-order valence-electron chi connectivity index (χ0n) is 13.7. The van der Waals surface area contributed by atoms with Gasteiger partial charge in [0.2, 0.25) is 0 Å². The minimum Gasteiger partial charge on any atom is -0.367 e. The van der Waals surface area contributed by atoms with Gasteiger partial charge in [0, 0.05) is 32.7 Å². The third kappa shape index (κ3) is 2.73. The number of likely N-dealkylation sites (N-methyl/N-ethyl adjacent to an activating group) is 1. The highest BCUT2D eigenvalue weighted by Crippen LogP contribution is 2.27. The highest BCUT2D eigenvalue weighted by atomic mass is 19.1. The van der Waals surface area contributed by atoms with Crippen LogP contribution in [0.2, 0.25) is 0 Å². The van der Waals surface area contributed by atoms with Crippen molar-refractivity contribution in [3.05, 3.63) is 44.5 Å². The van der Waals surface area contributed by atoms with E-state index in [4.69, 9.17) is 0 Å². The number of aromatic nitrogens is 1. The van der Waals surface area contributed by atoms with E-state index in [0.717, 1.165) is 19.2 Å². The van der Waals surface area contributed by atoms with Gasteiger partial charge in [-0.3, -0.25) is 14.9 Å². The van der Waals surface area contributed by atoms with E-state index in [2.05, 4.69) is 4.90 Å². The van der Waals surface area contributed by atoms with Gasteiger partial charge in [0.05, 0.1) is 27.7 Å². The first-order valence-corrected chi connectivity index (χ1v) is 7.87. The van der Waals surface area contributed by atoms with Crippen LogP contribution in [-0.4, -0.2) is 47.6 Å². The second-order valence-electron chi connectivity index (χ2n) is 6.00. The second kappa shape index (κ2) is 6.20. The molecule has 7 nitrogen and oxygen atoms in total. The van der Waals surface area contributed by atoms with Crippen LogP contribution in [0, 0.1) is 15.9 Å². The molecule has 0 unspecified atom stereocenters. The Labute approximate surface area is 138 Å². The third-order valence-electron chi connectivity index (χ3n) is 4.51. The zero-order valence-corrected chi connectivity index (χ0v) is 13.7. The maximum atomic E-state index is 14.6. The molecule has 0 radical (unpaired) electrons. The van der Waals surface area contributed by atoms with E-state index >= 15 is 0 Å². The Hall–Kier alpha value is -2.48. The predicted octanol–water partition coefficient (Wildman–Crippen LogP) is 1.82. The Morgan fingerprint density at radius 2 is 1.92 bits per heavy atom. The number of nitrogens with zero attached hydrogens (tertiary/aromatic N) is 4. The summed E-state index contributed by atoms with van der Waals surface area (Å²) in [5.74, 6) is -0.521. The molecule has 1 saturated heterocycles. The molecule has 0 aliphatic carbocycles. The Morgan fingerprint density at radius 3 is 2.50 bits per heavy atom. The summed E-state index contributed by atoms with van der Waals surface area (Å²) in [6.07, 6.45) is 1.23. The molecule has 2 aromatic rings. The molecule has 1 aliphatic heterocycles. The molecule has 128 valence electrons. The van der Waals surface area contributed by atoms with Gasteiger partial charge in [-0.1, -0.05) is 0 Å². The molecule has 0 amide bonds. The average Bonchev–Trinajstić information content (AvgIpc) is 2.56. The smallest absolute Gasteiger partial charge is 0.332 e. The number of aryl methyl sites for hydroxylation is 1. The van der Waals surface area contributed by atoms with E-state index in [1.807, 2.05) is 18.9 Å². The first-order chi connectivity index (χ1) is 11.4. The molecule has 3 rings (SSSR count). The molecule has 0 saturated carbocycles. The van der Waals surface area contributed by atoms with Crippen LogP contribution in [-0.2, 0) is 6.54 Å². The molecule has 1 fully saturated rings. The highest BCUT2D eigenvalue weighted by molar-refractivity contribution is 5.85. The summed E-state index contributed by atoms with van der Waals surface area (Å²) in [6.45, 7) is 5.33. The maximum absolute atomic E-state index is 14.6. The zero-order chi connectivity index (χ0) is 17.4. The Morgan fingerprint density at radius 1 is 1.25 bits per heavy atom. The minimum absolute atomic E-state index is 0.0430. The highest BCUT2D eigenvalue weighted by Gasteiger charge is 2.22. The summed E-state index contributed by atoms with van der Waals surface area (Å²) in [7, 11) is 2.02. The lowest BCUT2D eigenvalue weighted by atomic mass is 10.1. The van der Waals surface area contributed by atoms with E-state index in [0.29, 0.717) is 30.8 Å². The van der Waals surface area contributed by atoms with Crippen molar-refractivity contribution >= 4 is 22.3 Å². The van der Waals surface area contributed by atoms with Crippen LogP contribution in [0.15, 0.2) is 23.1 Å². The van der Waals surface area contributed by atoms with Gasteiger partial charge in [0.1, 0.15) is 5.82 Å². The molecule has 2 heterocycles. The second-order valence-corrected chi connectivity index (χ2v) is 6.00. The quantitative estimate of drug-likeness (QED) is 0.632. The number of fused-ring (bicyclic) bond motifs is 1. The van der Waals surface area contributed by atoms with E-state index in [9.17, 15) is 19.3 Å². The van der Waals surface area contributed by atoms with Gasteiger partial charge in [0.25, 0.3) is 5.43 Å². The van der Waals surface area contributed by atoms with Crippen molar-refractivity contribution in [2.24, 2.45) is 0 Å². The van der Waals surface area contributed by atoms with Crippen molar-refractivity contribution in [2.75, 3.05) is 38.1 Å². The Bertz CT molecular complexity index is 857. The van der Waals surface area contributed by atoms with Gasteiger partial charge in [-0.25, -0.2) is 4.39 Å². The van der Waals surface area contributed by atoms with Crippen LogP contribution < -0.4 is 10.3 Å². The number of benzene rings is 1. The fourth-order valence-corrected chi connectivity index (χ4v) is 3.07. The lowest BCUT2D eigenvalue weighted by molar-refractivity contribution is -0.386. The largest absolute Gasteiger partial charge is 0.367 e. The normalized spacial score (nSPS) is 15.9. The minimum atomic E-state index is -0.747. The molecule has 0 bridgehead atoms. The average molecular weight is 334 g/mol. The Kier molecular flexibility index (Phi) is 4.23. The van der Waals surface area contributed by atoms with Gasteiger partial charge in [-0.05, 0) is 26.1 Å². The molecule has 0 N–H and O–H groups in total.